The van der Waals surface area contributed by atoms with Gasteiger partial charge in [-0.3, -0.25) is 16.3 Å². The van der Waals surface area contributed by atoms with Crippen molar-refractivity contribution in [3.8, 4) is 10.7 Å². The number of nitrogens with one attached hydrogen (secondary N) is 2. The van der Waals surface area contributed by atoms with Crippen LogP contribution in [0.5, 0.6) is 0 Å². The van der Waals surface area contributed by atoms with Crippen LogP contribution in [0, 0.1) is 5.82 Å². The molecule has 0 saturated heterocycles. The summed E-state index contributed by atoms with van der Waals surface area (Å²) in [6.07, 6.45) is 7.41. The van der Waals surface area contributed by atoms with Gasteiger partial charge in [-0.25, -0.2) is 9.37 Å². The lowest BCUT2D eigenvalue weighted by Crippen LogP contribution is -2.42. The van der Waals surface area contributed by atoms with Crippen molar-refractivity contribution in [3.05, 3.63) is 52.5 Å². The number of hydrazine groups is 1. The van der Waals surface area contributed by atoms with Gasteiger partial charge < -0.3 is 5.32 Å². The number of anilines is 1. The Hall–Kier alpha value is -2.49. The van der Waals surface area contributed by atoms with E-state index < -0.39 is 0 Å². The molecular formula is C21H24FN7S. The van der Waals surface area contributed by atoms with E-state index >= 15 is 0 Å². The molecule has 30 heavy (non-hydrogen) atoms. The van der Waals surface area contributed by atoms with Crippen molar-refractivity contribution in [3.63, 3.8) is 0 Å². The maximum atomic E-state index is 14.3. The predicted molar refractivity (Wildman–Crippen MR) is 114 cm³/mol. The van der Waals surface area contributed by atoms with Crippen LogP contribution in [0.1, 0.15) is 41.9 Å². The minimum atomic E-state index is -0.270. The zero-order valence-corrected chi connectivity index (χ0v) is 17.4. The van der Waals surface area contributed by atoms with E-state index in [4.69, 9.17) is 10.8 Å². The van der Waals surface area contributed by atoms with E-state index in [9.17, 15) is 4.39 Å². The third kappa shape index (κ3) is 3.57. The van der Waals surface area contributed by atoms with Gasteiger partial charge in [-0.1, -0.05) is 6.42 Å². The molecule has 0 spiro atoms. The van der Waals surface area contributed by atoms with Crippen LogP contribution in [-0.2, 0) is 18.3 Å². The van der Waals surface area contributed by atoms with Gasteiger partial charge in [0.1, 0.15) is 22.3 Å². The van der Waals surface area contributed by atoms with Crippen LogP contribution >= 0.6 is 11.3 Å². The number of hydrogen-bond acceptors (Lipinski definition) is 8. The molecule has 4 N–H and O–H groups in total. The first-order valence-corrected chi connectivity index (χ1v) is 11.1. The molecule has 3 aromatic rings. The third-order valence-corrected chi connectivity index (χ3v) is 7.38. The van der Waals surface area contributed by atoms with Crippen molar-refractivity contribution in [2.45, 2.75) is 50.0 Å². The number of halogens is 1. The second-order valence-corrected chi connectivity index (χ2v) is 9.20. The molecule has 0 aromatic carbocycles. The number of nitrogens with two attached hydrogens (primary N) is 1. The van der Waals surface area contributed by atoms with Gasteiger partial charge in [0.2, 0.25) is 0 Å². The Morgan fingerprint density at radius 1 is 1.23 bits per heavy atom. The topological polar surface area (TPSA) is 102 Å². The van der Waals surface area contributed by atoms with Crippen LogP contribution in [0.4, 0.5) is 10.2 Å². The summed E-state index contributed by atoms with van der Waals surface area (Å²) >= 11 is 1.66. The van der Waals surface area contributed by atoms with Crippen LogP contribution in [-0.4, -0.2) is 32.8 Å². The Bertz CT molecular complexity index is 1030. The maximum absolute atomic E-state index is 14.3. The first-order chi connectivity index (χ1) is 14.7. The lowest BCUT2D eigenvalue weighted by Gasteiger charge is -2.41. The molecule has 2 aliphatic carbocycles. The second-order valence-electron chi connectivity index (χ2n) is 8.12. The predicted octanol–water partition coefficient (Wildman–Crippen LogP) is 2.99. The number of aryl methyl sites for hydroxylation is 1. The van der Waals surface area contributed by atoms with Crippen molar-refractivity contribution in [2.75, 3.05) is 11.9 Å². The van der Waals surface area contributed by atoms with E-state index in [1.165, 1.54) is 10.9 Å². The first kappa shape index (κ1) is 19.5. The summed E-state index contributed by atoms with van der Waals surface area (Å²) in [5, 5.41) is 12.9. The lowest BCUT2D eigenvalue weighted by atomic mass is 9.66. The summed E-state index contributed by atoms with van der Waals surface area (Å²) in [7, 11) is 0. The molecule has 0 aliphatic heterocycles. The minimum Gasteiger partial charge on any atom is -0.368 e. The quantitative estimate of drug-likeness (QED) is 0.412. The van der Waals surface area contributed by atoms with Crippen LogP contribution in [0.15, 0.2) is 30.5 Å². The normalized spacial score (nSPS) is 19.7. The van der Waals surface area contributed by atoms with Gasteiger partial charge in [0, 0.05) is 35.5 Å². The molecule has 1 saturated carbocycles. The van der Waals surface area contributed by atoms with Crippen molar-refractivity contribution in [1.29, 1.82) is 0 Å². The van der Waals surface area contributed by atoms with E-state index in [1.807, 2.05) is 12.1 Å². The Kier molecular flexibility index (Phi) is 5.18. The maximum Gasteiger partial charge on any atom is 0.148 e. The lowest BCUT2D eigenvalue weighted by molar-refractivity contribution is 0.243. The Balaban J connectivity index is 1.28. The van der Waals surface area contributed by atoms with Gasteiger partial charge in [0.05, 0.1) is 11.4 Å². The molecule has 1 unspecified atom stereocenters. The Morgan fingerprint density at radius 3 is 2.83 bits per heavy atom. The summed E-state index contributed by atoms with van der Waals surface area (Å²) in [5.74, 6) is 6.03. The average molecular weight is 426 g/mol. The summed E-state index contributed by atoms with van der Waals surface area (Å²) < 4.78 is 14.3. The van der Waals surface area contributed by atoms with Gasteiger partial charge in [-0.15, -0.1) is 21.5 Å². The third-order valence-electron chi connectivity index (χ3n) is 6.24. The van der Waals surface area contributed by atoms with Crippen molar-refractivity contribution >= 4 is 17.2 Å². The van der Waals surface area contributed by atoms with E-state index in [2.05, 4.69) is 25.9 Å². The van der Waals surface area contributed by atoms with E-state index in [0.29, 0.717) is 24.1 Å². The van der Waals surface area contributed by atoms with Crippen molar-refractivity contribution < 1.29 is 4.39 Å². The number of fused-ring (bicyclic) bond motifs is 1. The molecule has 0 amide bonds. The summed E-state index contributed by atoms with van der Waals surface area (Å²) in [6, 6.07) is 7.27. The van der Waals surface area contributed by atoms with Crippen LogP contribution in [0.25, 0.3) is 10.7 Å². The number of hydrogen-bond donors (Lipinski definition) is 3. The SMILES string of the molecule is NNC1CCc2nc(-c3ccc(NCC4(c5ncccc5F)CCC4)nn3)sc2C1. The van der Waals surface area contributed by atoms with Gasteiger partial charge in [-0.05, 0) is 49.9 Å². The zero-order chi connectivity index (χ0) is 20.6. The largest absolute Gasteiger partial charge is 0.368 e. The zero-order valence-electron chi connectivity index (χ0n) is 16.6. The smallest absolute Gasteiger partial charge is 0.148 e. The fraction of sp³-hybridized carbons (Fsp3) is 0.429. The summed E-state index contributed by atoms with van der Waals surface area (Å²) in [6.45, 7) is 0.591. The molecule has 1 atom stereocenters. The number of rotatable bonds is 6. The Morgan fingerprint density at radius 2 is 2.13 bits per heavy atom. The molecule has 0 bridgehead atoms. The molecular weight excluding hydrogens is 401 g/mol. The summed E-state index contributed by atoms with van der Waals surface area (Å²) in [4.78, 5) is 10.3. The minimum absolute atomic E-state index is 0.236. The van der Waals surface area contributed by atoms with Gasteiger partial charge >= 0.3 is 0 Å². The molecule has 3 heterocycles. The van der Waals surface area contributed by atoms with Crippen molar-refractivity contribution in [2.24, 2.45) is 5.84 Å². The second kappa shape index (κ2) is 7.98. The highest BCUT2D eigenvalue weighted by Crippen LogP contribution is 2.43. The number of nitrogens with zero attached hydrogens (tertiary/aromatic N) is 4. The van der Waals surface area contributed by atoms with Crippen LogP contribution < -0.4 is 16.6 Å². The highest BCUT2D eigenvalue weighted by molar-refractivity contribution is 7.15. The fourth-order valence-electron chi connectivity index (χ4n) is 4.30. The Labute approximate surface area is 178 Å². The molecule has 0 radical (unpaired) electrons. The molecule has 2 aliphatic rings. The van der Waals surface area contributed by atoms with Gasteiger partial charge in [0.15, 0.2) is 0 Å². The van der Waals surface area contributed by atoms with Gasteiger partial charge in [0.25, 0.3) is 0 Å². The number of thiazole rings is 1. The first-order valence-electron chi connectivity index (χ1n) is 10.3. The fourth-order valence-corrected chi connectivity index (χ4v) is 5.46. The highest BCUT2D eigenvalue weighted by atomic mass is 32.1. The summed E-state index contributed by atoms with van der Waals surface area (Å²) in [5.41, 5.74) is 5.06. The van der Waals surface area contributed by atoms with E-state index in [-0.39, 0.29) is 11.2 Å². The molecule has 3 aromatic heterocycles. The van der Waals surface area contributed by atoms with E-state index in [1.54, 1.807) is 23.6 Å². The number of aromatic nitrogens is 4. The van der Waals surface area contributed by atoms with Crippen LogP contribution in [0.3, 0.4) is 0 Å². The average Bonchev–Trinajstić information content (AvgIpc) is 3.18. The highest BCUT2D eigenvalue weighted by Gasteiger charge is 2.41. The number of pyridine rings is 1. The molecule has 1 fully saturated rings. The molecule has 9 heteroatoms. The van der Waals surface area contributed by atoms with E-state index in [0.717, 1.165) is 54.9 Å². The van der Waals surface area contributed by atoms with Gasteiger partial charge in [-0.2, -0.15) is 0 Å². The monoisotopic (exact) mass is 425 g/mol. The molecule has 156 valence electrons. The standard InChI is InChI=1S/C21H24FN7S/c22-14-3-1-10-24-19(14)21(8-2-9-21)12-25-18-7-6-16(28-29-18)20-26-15-5-4-13(27-23)11-17(15)30-20/h1,3,6-7,10,13,27H,2,4-5,8-9,11-12,23H2,(H,25,29). The van der Waals surface area contributed by atoms with Crippen LogP contribution in [0.2, 0.25) is 0 Å². The molecule has 5 rings (SSSR count). The molecule has 7 nitrogen and oxygen atoms in total. The van der Waals surface area contributed by atoms with Crippen molar-refractivity contribution in [1.82, 2.24) is 25.6 Å².